The largest absolute Gasteiger partial charge is 0.354 e. The first-order valence-corrected chi connectivity index (χ1v) is 7.86. The molecule has 0 saturated heterocycles. The Morgan fingerprint density at radius 1 is 1.00 bits per heavy atom. The SMILES string of the molecule is O=Cc1cc(C2CCCCC2)c2[nH]c3ccccc3c2c1. The standard InChI is InChI=1S/C19H19NO/c21-12-13-10-16(14-6-2-1-3-7-14)19-17(11-13)15-8-4-5-9-18(15)20-19/h4-5,8-12,14,20H,1-3,6-7H2. The maximum Gasteiger partial charge on any atom is 0.150 e. The van der Waals surface area contributed by atoms with E-state index in [1.165, 1.54) is 54.0 Å². The van der Waals surface area contributed by atoms with Crippen molar-refractivity contribution in [3.8, 4) is 0 Å². The molecule has 106 valence electrons. The number of aromatic amines is 1. The van der Waals surface area contributed by atoms with Crippen LogP contribution in [-0.2, 0) is 0 Å². The van der Waals surface area contributed by atoms with Gasteiger partial charge in [0.25, 0.3) is 0 Å². The Bertz CT molecular complexity index is 809. The topological polar surface area (TPSA) is 32.9 Å². The Hall–Kier alpha value is -2.09. The minimum atomic E-state index is 0.592. The van der Waals surface area contributed by atoms with Crippen LogP contribution in [0.5, 0.6) is 0 Å². The summed E-state index contributed by atoms with van der Waals surface area (Å²) in [6.45, 7) is 0. The third-order valence-corrected chi connectivity index (χ3v) is 4.85. The summed E-state index contributed by atoms with van der Waals surface area (Å²) in [6.07, 6.45) is 7.42. The molecule has 1 N–H and O–H groups in total. The number of aldehydes is 1. The van der Waals surface area contributed by atoms with E-state index in [9.17, 15) is 4.79 Å². The van der Waals surface area contributed by atoms with Crippen molar-refractivity contribution in [3.63, 3.8) is 0 Å². The molecule has 0 atom stereocenters. The zero-order valence-corrected chi connectivity index (χ0v) is 12.1. The van der Waals surface area contributed by atoms with E-state index in [2.05, 4.69) is 35.3 Å². The molecule has 0 unspecified atom stereocenters. The summed E-state index contributed by atoms with van der Waals surface area (Å²) in [4.78, 5) is 14.9. The smallest absolute Gasteiger partial charge is 0.150 e. The molecule has 0 radical (unpaired) electrons. The zero-order valence-electron chi connectivity index (χ0n) is 12.1. The van der Waals surface area contributed by atoms with Gasteiger partial charge in [-0.3, -0.25) is 4.79 Å². The molecule has 0 bridgehead atoms. The van der Waals surface area contributed by atoms with E-state index >= 15 is 0 Å². The van der Waals surface area contributed by atoms with Gasteiger partial charge in [-0.2, -0.15) is 0 Å². The molecule has 1 heterocycles. The fourth-order valence-electron chi connectivity index (χ4n) is 3.80. The molecule has 1 saturated carbocycles. The van der Waals surface area contributed by atoms with Crippen molar-refractivity contribution in [2.45, 2.75) is 38.0 Å². The lowest BCUT2D eigenvalue weighted by atomic mass is 9.82. The van der Waals surface area contributed by atoms with Crippen LogP contribution in [0.2, 0.25) is 0 Å². The van der Waals surface area contributed by atoms with Crippen molar-refractivity contribution in [1.82, 2.24) is 4.98 Å². The highest BCUT2D eigenvalue weighted by molar-refractivity contribution is 6.09. The number of nitrogens with one attached hydrogen (secondary N) is 1. The van der Waals surface area contributed by atoms with E-state index in [1.54, 1.807) is 0 Å². The van der Waals surface area contributed by atoms with Crippen molar-refractivity contribution in [2.24, 2.45) is 0 Å². The minimum absolute atomic E-state index is 0.592. The number of benzene rings is 2. The summed E-state index contributed by atoms with van der Waals surface area (Å²) in [5.41, 5.74) is 4.53. The molecule has 0 aliphatic heterocycles. The van der Waals surface area contributed by atoms with Gasteiger partial charge in [-0.15, -0.1) is 0 Å². The van der Waals surface area contributed by atoms with Crippen LogP contribution in [0.3, 0.4) is 0 Å². The third-order valence-electron chi connectivity index (χ3n) is 4.85. The number of carbonyl (C=O) groups is 1. The van der Waals surface area contributed by atoms with Crippen LogP contribution in [0.15, 0.2) is 36.4 Å². The van der Waals surface area contributed by atoms with Gasteiger partial charge in [0.2, 0.25) is 0 Å². The molecule has 2 heteroatoms. The average molecular weight is 277 g/mol. The summed E-state index contributed by atoms with van der Waals surface area (Å²) < 4.78 is 0. The first-order valence-electron chi connectivity index (χ1n) is 7.86. The Kier molecular flexibility index (Phi) is 3.03. The highest BCUT2D eigenvalue weighted by atomic mass is 16.1. The van der Waals surface area contributed by atoms with Crippen molar-refractivity contribution in [1.29, 1.82) is 0 Å². The fraction of sp³-hybridized carbons (Fsp3) is 0.316. The van der Waals surface area contributed by atoms with E-state index < -0.39 is 0 Å². The first kappa shape index (κ1) is 12.6. The number of rotatable bonds is 2. The number of hydrogen-bond acceptors (Lipinski definition) is 1. The molecule has 3 aromatic rings. The van der Waals surface area contributed by atoms with Crippen LogP contribution in [0.4, 0.5) is 0 Å². The molecule has 1 fully saturated rings. The quantitative estimate of drug-likeness (QED) is 0.643. The van der Waals surface area contributed by atoms with Gasteiger partial charge in [-0.1, -0.05) is 37.5 Å². The predicted octanol–water partition coefficient (Wildman–Crippen LogP) is 5.18. The summed E-state index contributed by atoms with van der Waals surface area (Å²) in [6, 6.07) is 12.5. The van der Waals surface area contributed by atoms with Gasteiger partial charge >= 0.3 is 0 Å². The second kappa shape index (κ2) is 5.03. The van der Waals surface area contributed by atoms with Crippen LogP contribution in [0.1, 0.15) is 53.9 Å². The molecular formula is C19H19NO. The van der Waals surface area contributed by atoms with Crippen LogP contribution < -0.4 is 0 Å². The third kappa shape index (κ3) is 2.06. The molecule has 1 aliphatic carbocycles. The van der Waals surface area contributed by atoms with E-state index in [-0.39, 0.29) is 0 Å². The van der Waals surface area contributed by atoms with Crippen molar-refractivity contribution >= 4 is 28.1 Å². The zero-order chi connectivity index (χ0) is 14.2. The van der Waals surface area contributed by atoms with Crippen molar-refractivity contribution in [2.75, 3.05) is 0 Å². The highest BCUT2D eigenvalue weighted by Gasteiger charge is 2.20. The van der Waals surface area contributed by atoms with Crippen LogP contribution in [-0.4, -0.2) is 11.3 Å². The number of hydrogen-bond donors (Lipinski definition) is 1. The summed E-state index contributed by atoms with van der Waals surface area (Å²) in [7, 11) is 0. The van der Waals surface area contributed by atoms with Gasteiger partial charge in [0.1, 0.15) is 6.29 Å². The molecule has 2 nitrogen and oxygen atoms in total. The molecular weight excluding hydrogens is 258 g/mol. The van der Waals surface area contributed by atoms with Crippen molar-refractivity contribution < 1.29 is 4.79 Å². The van der Waals surface area contributed by atoms with Gasteiger partial charge in [-0.05, 0) is 42.5 Å². The van der Waals surface area contributed by atoms with E-state index in [0.29, 0.717) is 5.92 Å². The molecule has 21 heavy (non-hydrogen) atoms. The van der Waals surface area contributed by atoms with Crippen LogP contribution in [0, 0.1) is 0 Å². The van der Waals surface area contributed by atoms with Gasteiger partial charge in [0, 0.05) is 21.9 Å². The number of carbonyl (C=O) groups excluding carboxylic acids is 1. The van der Waals surface area contributed by atoms with Gasteiger partial charge < -0.3 is 4.98 Å². The summed E-state index contributed by atoms with van der Waals surface area (Å²) in [5.74, 6) is 0.592. The Balaban J connectivity index is 2.01. The van der Waals surface area contributed by atoms with E-state index in [4.69, 9.17) is 0 Å². The fourth-order valence-corrected chi connectivity index (χ4v) is 3.80. The normalized spacial score (nSPS) is 16.6. The average Bonchev–Trinajstić information content (AvgIpc) is 2.93. The Labute approximate surface area is 124 Å². The lowest BCUT2D eigenvalue weighted by Crippen LogP contribution is -2.05. The van der Waals surface area contributed by atoms with Crippen molar-refractivity contribution in [3.05, 3.63) is 47.5 Å². The lowest BCUT2D eigenvalue weighted by molar-refractivity contribution is 0.112. The minimum Gasteiger partial charge on any atom is -0.354 e. The maximum atomic E-state index is 11.3. The Morgan fingerprint density at radius 3 is 2.62 bits per heavy atom. The lowest BCUT2D eigenvalue weighted by Gasteiger charge is -2.22. The highest BCUT2D eigenvalue weighted by Crippen LogP contribution is 2.38. The molecule has 2 aromatic carbocycles. The predicted molar refractivity (Wildman–Crippen MR) is 87.0 cm³/mol. The number of H-pyrrole nitrogens is 1. The second-order valence-corrected chi connectivity index (χ2v) is 6.16. The van der Waals surface area contributed by atoms with E-state index in [0.717, 1.165) is 17.4 Å². The van der Waals surface area contributed by atoms with Gasteiger partial charge in [0.05, 0.1) is 5.52 Å². The molecule has 1 aromatic heterocycles. The van der Waals surface area contributed by atoms with E-state index in [1.807, 2.05) is 6.07 Å². The molecule has 4 rings (SSSR count). The number of aromatic nitrogens is 1. The molecule has 1 aliphatic rings. The van der Waals surface area contributed by atoms with Gasteiger partial charge in [0.15, 0.2) is 0 Å². The molecule has 0 spiro atoms. The first-order chi connectivity index (χ1) is 10.4. The van der Waals surface area contributed by atoms with Gasteiger partial charge in [-0.25, -0.2) is 0 Å². The molecule has 0 amide bonds. The number of para-hydroxylation sites is 1. The number of fused-ring (bicyclic) bond motifs is 3. The maximum absolute atomic E-state index is 11.3. The summed E-state index contributed by atoms with van der Waals surface area (Å²) >= 11 is 0. The second-order valence-electron chi connectivity index (χ2n) is 6.16. The monoisotopic (exact) mass is 277 g/mol. The van der Waals surface area contributed by atoms with Crippen LogP contribution in [0.25, 0.3) is 21.8 Å². The van der Waals surface area contributed by atoms with Crippen LogP contribution >= 0.6 is 0 Å². The summed E-state index contributed by atoms with van der Waals surface area (Å²) in [5, 5.41) is 2.41. The Morgan fingerprint density at radius 2 is 1.81 bits per heavy atom.